The fourth-order valence-corrected chi connectivity index (χ4v) is 11.0. The van der Waals surface area contributed by atoms with Gasteiger partial charge in [0.15, 0.2) is 17.3 Å². The molecule has 6 rings (SSSR count). The van der Waals surface area contributed by atoms with Crippen LogP contribution in [0, 0.1) is 48.3 Å². The van der Waals surface area contributed by atoms with Crippen LogP contribution in [0.4, 0.5) is 0 Å². The van der Waals surface area contributed by atoms with Gasteiger partial charge < -0.3 is 35.0 Å². The molecule has 0 saturated heterocycles. The molecule has 10 heteroatoms. The number of aromatic hydroxyl groups is 2. The van der Waals surface area contributed by atoms with Gasteiger partial charge in [0.1, 0.15) is 12.2 Å². The van der Waals surface area contributed by atoms with E-state index in [4.69, 9.17) is 9.47 Å². The predicted molar refractivity (Wildman–Crippen MR) is 195 cm³/mol. The van der Waals surface area contributed by atoms with Gasteiger partial charge in [-0.15, -0.1) is 0 Å². The number of fused-ring (bicyclic) bond motifs is 2. The van der Waals surface area contributed by atoms with E-state index in [-0.39, 0.29) is 47.3 Å². The van der Waals surface area contributed by atoms with E-state index < -0.39 is 70.0 Å². The highest BCUT2D eigenvalue weighted by Crippen LogP contribution is 2.65. The summed E-state index contributed by atoms with van der Waals surface area (Å²) in [6.07, 6.45) is -0.502. The van der Waals surface area contributed by atoms with Crippen LogP contribution in [0.25, 0.3) is 0 Å². The first kappa shape index (κ1) is 38.4. The number of carbonyl (C=O) groups excluding carboxylic acids is 1. The van der Waals surface area contributed by atoms with Gasteiger partial charge in [-0.2, -0.15) is 0 Å². The molecule has 4 aliphatic rings. The van der Waals surface area contributed by atoms with Crippen molar-refractivity contribution < 1.29 is 39.8 Å². The van der Waals surface area contributed by atoms with Crippen LogP contribution in [-0.4, -0.2) is 50.3 Å². The topological polar surface area (TPSA) is 171 Å². The summed E-state index contributed by atoms with van der Waals surface area (Å²) in [5.41, 5.74) is 0.266. The van der Waals surface area contributed by atoms with E-state index in [2.05, 4.69) is 27.7 Å². The first-order valence-corrected chi connectivity index (χ1v) is 18.9. The van der Waals surface area contributed by atoms with Crippen molar-refractivity contribution in [2.45, 2.75) is 130 Å². The highest BCUT2D eigenvalue weighted by molar-refractivity contribution is 5.66. The third-order valence-corrected chi connectivity index (χ3v) is 13.9. The number of aliphatic hydroxyl groups is 3. The van der Waals surface area contributed by atoms with Crippen LogP contribution in [0.1, 0.15) is 131 Å². The maximum atomic E-state index is 13.7. The SMILES string of the molecule is CC(=O)O[C@@H](CO)[C@]1(C)CC[C@H](C(C)C)[C@@H]1c1cc([C@]2(O)Cc3cc(=O)c(O)c(C)c4c3[C@@H](O2)[C@H](O)[C@]2(C)CC[C@H](C(C)C)[C@H]42)cc(=O)c(O)c1C. The number of hydrogen-bond donors (Lipinski definition) is 5. The van der Waals surface area contributed by atoms with Crippen LogP contribution in [0.3, 0.4) is 0 Å². The normalized spacial score (nSPS) is 34.3. The van der Waals surface area contributed by atoms with Gasteiger partial charge in [-0.05, 0) is 127 Å². The molecule has 0 radical (unpaired) electrons. The zero-order valence-corrected chi connectivity index (χ0v) is 31.9. The number of rotatable bonds is 7. The molecule has 52 heavy (non-hydrogen) atoms. The van der Waals surface area contributed by atoms with E-state index in [9.17, 15) is 39.9 Å². The smallest absolute Gasteiger partial charge is 0.303 e. The van der Waals surface area contributed by atoms with E-state index in [1.807, 2.05) is 13.8 Å². The van der Waals surface area contributed by atoms with Crippen molar-refractivity contribution in [3.63, 3.8) is 0 Å². The summed E-state index contributed by atoms with van der Waals surface area (Å²) >= 11 is 0. The lowest BCUT2D eigenvalue weighted by Gasteiger charge is -2.52. The Balaban J connectivity index is 1.60. The van der Waals surface area contributed by atoms with Crippen LogP contribution in [0.2, 0.25) is 0 Å². The van der Waals surface area contributed by atoms with Gasteiger partial charge in [0, 0.05) is 29.7 Å². The molecule has 1 heterocycles. The number of aliphatic hydroxyl groups excluding tert-OH is 2. The molecular weight excluding hydrogens is 664 g/mol. The van der Waals surface area contributed by atoms with Crippen molar-refractivity contribution >= 4 is 5.97 Å². The molecule has 2 aromatic rings. The average molecular weight is 721 g/mol. The first-order chi connectivity index (χ1) is 24.2. The van der Waals surface area contributed by atoms with Gasteiger partial charge in [0.25, 0.3) is 0 Å². The first-order valence-electron chi connectivity index (χ1n) is 18.9. The maximum Gasteiger partial charge on any atom is 0.303 e. The van der Waals surface area contributed by atoms with Crippen LogP contribution < -0.4 is 10.9 Å². The van der Waals surface area contributed by atoms with Crippen LogP contribution >= 0.6 is 0 Å². The molecule has 2 aromatic carbocycles. The molecule has 10 atom stereocenters. The lowest BCUT2D eigenvalue weighted by Crippen LogP contribution is -2.51. The Morgan fingerprint density at radius 3 is 2.08 bits per heavy atom. The van der Waals surface area contributed by atoms with E-state index in [0.717, 1.165) is 24.5 Å². The lowest BCUT2D eigenvalue weighted by molar-refractivity contribution is -0.279. The number of hydrogen-bond acceptors (Lipinski definition) is 10. The average Bonchev–Trinajstić information content (AvgIpc) is 3.57. The minimum atomic E-state index is -2.24. The summed E-state index contributed by atoms with van der Waals surface area (Å²) in [6, 6.07) is 4.13. The molecule has 0 aromatic heterocycles. The predicted octanol–water partition coefficient (Wildman–Crippen LogP) is 5.50. The Morgan fingerprint density at radius 2 is 1.48 bits per heavy atom. The second-order valence-electron chi connectivity index (χ2n) is 17.5. The van der Waals surface area contributed by atoms with Crippen LogP contribution in [-0.2, 0) is 26.5 Å². The summed E-state index contributed by atoms with van der Waals surface area (Å²) in [4.78, 5) is 39.4. The third-order valence-electron chi connectivity index (χ3n) is 13.9. The van der Waals surface area contributed by atoms with Crippen molar-refractivity contribution in [1.29, 1.82) is 0 Å². The fraction of sp³-hybridized carbons (Fsp3) is 0.643. The Kier molecular flexibility index (Phi) is 9.76. The molecule has 5 N–H and O–H groups in total. The highest BCUT2D eigenvalue weighted by atomic mass is 16.6. The van der Waals surface area contributed by atoms with Gasteiger partial charge in [0.2, 0.25) is 10.9 Å². The highest BCUT2D eigenvalue weighted by Gasteiger charge is 2.61. The molecular formula is C42H56O10. The van der Waals surface area contributed by atoms with E-state index in [0.29, 0.717) is 40.7 Å². The minimum absolute atomic E-state index is 0.00963. The molecule has 0 bridgehead atoms. The third kappa shape index (κ3) is 5.71. The molecule has 1 aliphatic heterocycles. The molecule has 0 spiro atoms. The minimum Gasteiger partial charge on any atom is -0.504 e. The number of esters is 1. The molecule has 2 fully saturated rings. The van der Waals surface area contributed by atoms with Crippen LogP contribution in [0.15, 0.2) is 27.8 Å². The molecule has 2 saturated carbocycles. The summed E-state index contributed by atoms with van der Waals surface area (Å²) in [5.74, 6) is -3.68. The van der Waals surface area contributed by atoms with Gasteiger partial charge in [-0.25, -0.2) is 0 Å². The van der Waals surface area contributed by atoms with Gasteiger partial charge >= 0.3 is 5.97 Å². The molecule has 3 aliphatic carbocycles. The number of carbonyl (C=O) groups is 1. The zero-order chi connectivity index (χ0) is 38.4. The summed E-state index contributed by atoms with van der Waals surface area (Å²) in [7, 11) is 0. The van der Waals surface area contributed by atoms with Crippen molar-refractivity contribution in [3.05, 3.63) is 77.6 Å². The lowest BCUT2D eigenvalue weighted by atomic mass is 9.59. The van der Waals surface area contributed by atoms with E-state index >= 15 is 0 Å². The number of ether oxygens (including phenoxy) is 2. The second-order valence-corrected chi connectivity index (χ2v) is 17.5. The summed E-state index contributed by atoms with van der Waals surface area (Å²) in [6.45, 7) is 16.7. The van der Waals surface area contributed by atoms with E-state index in [1.165, 1.54) is 13.0 Å². The Bertz CT molecular complexity index is 1910. The maximum absolute atomic E-state index is 13.7. The van der Waals surface area contributed by atoms with Gasteiger partial charge in [0.05, 0.1) is 12.7 Å². The summed E-state index contributed by atoms with van der Waals surface area (Å²) in [5, 5.41) is 58.1. The van der Waals surface area contributed by atoms with Crippen molar-refractivity contribution in [1.82, 2.24) is 0 Å². The Morgan fingerprint density at radius 1 is 0.904 bits per heavy atom. The molecule has 0 amide bonds. The monoisotopic (exact) mass is 720 g/mol. The van der Waals surface area contributed by atoms with Crippen LogP contribution in [0.5, 0.6) is 11.5 Å². The zero-order valence-electron chi connectivity index (χ0n) is 31.9. The van der Waals surface area contributed by atoms with E-state index in [1.54, 1.807) is 19.9 Å². The van der Waals surface area contributed by atoms with Crippen molar-refractivity contribution in [2.75, 3.05) is 6.61 Å². The fourth-order valence-electron chi connectivity index (χ4n) is 11.0. The Hall–Kier alpha value is -3.31. The molecule has 0 unspecified atom stereocenters. The quantitative estimate of drug-likeness (QED) is 0.230. The van der Waals surface area contributed by atoms with Gasteiger partial charge in [-0.3, -0.25) is 14.4 Å². The second kappa shape index (κ2) is 13.2. The Labute approximate surface area is 305 Å². The standard InChI is InChI=1S/C42H56O10/c1-19(2)26-10-12-40(8,31(18-43)51-23(7)44)34(26)28-15-25(16-30(46)36(47)21(28)5)42(50)17-24-14-29(45)37(48)22(6)32-33(24)38(52-42)39(49)41(9)13-11-27(20(3)4)35(32)41/h14-16,19-20,26-27,31,34-35,38-39,43,49-50H,10-13,17-18H2,1-9H3,(H,45,48)(H,46,47)/t26-,27-,31+,34-,35-,38-,39+,40+,41-,42+/m1/s1. The largest absolute Gasteiger partial charge is 0.504 e. The van der Waals surface area contributed by atoms with Crippen molar-refractivity contribution in [2.24, 2.45) is 34.5 Å². The molecule has 10 nitrogen and oxygen atoms in total. The van der Waals surface area contributed by atoms with Gasteiger partial charge in [-0.1, -0.05) is 41.5 Å². The van der Waals surface area contributed by atoms with Crippen molar-refractivity contribution in [3.8, 4) is 11.5 Å². The molecule has 284 valence electrons. The summed E-state index contributed by atoms with van der Waals surface area (Å²) < 4.78 is 12.3.